The Hall–Kier alpha value is -0.700. The highest BCUT2D eigenvalue weighted by molar-refractivity contribution is 7.86. The lowest BCUT2D eigenvalue weighted by Gasteiger charge is -2.40. The highest BCUT2D eigenvalue weighted by atomic mass is 32.2. The van der Waals surface area contributed by atoms with Crippen LogP contribution in [0, 0.1) is 5.92 Å². The predicted octanol–water partition coefficient (Wildman–Crippen LogP) is 0.676. The molecule has 3 aliphatic rings. The first-order valence-corrected chi connectivity index (χ1v) is 10.5. The molecule has 1 saturated carbocycles. The molecule has 1 unspecified atom stereocenters. The van der Waals surface area contributed by atoms with Gasteiger partial charge in [-0.2, -0.15) is 17.0 Å². The Morgan fingerprint density at radius 2 is 1.79 bits per heavy atom. The van der Waals surface area contributed by atoms with Crippen molar-refractivity contribution in [3.63, 3.8) is 0 Å². The number of methoxy groups -OCH3 is 1. The SMILES string of the molecule is COCC1CCCN(S(=O)(=O)N2CCN(C3CCCC3)C(=O)C2)C1. The highest BCUT2D eigenvalue weighted by Crippen LogP contribution is 2.27. The molecule has 138 valence electrons. The summed E-state index contributed by atoms with van der Waals surface area (Å²) in [4.78, 5) is 14.4. The topological polar surface area (TPSA) is 70.2 Å². The van der Waals surface area contributed by atoms with Crippen molar-refractivity contribution in [3.05, 3.63) is 0 Å². The summed E-state index contributed by atoms with van der Waals surface area (Å²) < 4.78 is 33.9. The minimum Gasteiger partial charge on any atom is -0.384 e. The number of carbonyl (C=O) groups is 1. The van der Waals surface area contributed by atoms with Crippen LogP contribution in [0.3, 0.4) is 0 Å². The third kappa shape index (κ3) is 3.76. The van der Waals surface area contributed by atoms with Gasteiger partial charge in [-0.05, 0) is 31.6 Å². The molecular formula is C16H29N3O4S. The van der Waals surface area contributed by atoms with Crippen molar-refractivity contribution in [2.75, 3.05) is 46.4 Å². The maximum atomic E-state index is 12.9. The minimum atomic E-state index is -3.55. The molecule has 0 aromatic heterocycles. The molecule has 24 heavy (non-hydrogen) atoms. The predicted molar refractivity (Wildman–Crippen MR) is 90.6 cm³/mol. The molecule has 2 heterocycles. The van der Waals surface area contributed by atoms with E-state index in [1.54, 1.807) is 11.4 Å². The van der Waals surface area contributed by atoms with Crippen molar-refractivity contribution in [1.82, 2.24) is 13.5 Å². The van der Waals surface area contributed by atoms with Gasteiger partial charge in [0.2, 0.25) is 5.91 Å². The van der Waals surface area contributed by atoms with Crippen LogP contribution in [0.4, 0.5) is 0 Å². The van der Waals surface area contributed by atoms with Gasteiger partial charge in [-0.25, -0.2) is 0 Å². The maximum absolute atomic E-state index is 12.9. The zero-order chi connectivity index (χ0) is 17.2. The number of piperidine rings is 1. The quantitative estimate of drug-likeness (QED) is 0.724. The molecule has 0 radical (unpaired) electrons. The second-order valence-electron chi connectivity index (χ2n) is 7.19. The average molecular weight is 359 g/mol. The summed E-state index contributed by atoms with van der Waals surface area (Å²) in [5.41, 5.74) is 0. The Bertz CT molecular complexity index is 546. The Kier molecular flexibility index (Phi) is 5.79. The van der Waals surface area contributed by atoms with Crippen molar-refractivity contribution in [1.29, 1.82) is 0 Å². The summed E-state index contributed by atoms with van der Waals surface area (Å²) in [7, 11) is -1.91. The van der Waals surface area contributed by atoms with E-state index < -0.39 is 10.2 Å². The molecule has 0 aromatic rings. The Morgan fingerprint density at radius 1 is 1.04 bits per heavy atom. The van der Waals surface area contributed by atoms with Crippen LogP contribution in [0.5, 0.6) is 0 Å². The van der Waals surface area contributed by atoms with E-state index in [9.17, 15) is 13.2 Å². The van der Waals surface area contributed by atoms with E-state index in [0.29, 0.717) is 38.8 Å². The normalized spacial score (nSPS) is 28.6. The van der Waals surface area contributed by atoms with Gasteiger partial charge in [0.25, 0.3) is 10.2 Å². The zero-order valence-electron chi connectivity index (χ0n) is 14.5. The molecule has 3 fully saturated rings. The molecule has 0 aromatic carbocycles. The van der Waals surface area contributed by atoms with Crippen LogP contribution >= 0.6 is 0 Å². The molecule has 8 heteroatoms. The van der Waals surface area contributed by atoms with Gasteiger partial charge in [-0.1, -0.05) is 12.8 Å². The van der Waals surface area contributed by atoms with E-state index in [1.807, 2.05) is 4.90 Å². The molecule has 1 atom stereocenters. The van der Waals surface area contributed by atoms with Gasteiger partial charge in [-0.3, -0.25) is 4.79 Å². The second-order valence-corrected chi connectivity index (χ2v) is 9.12. The second kappa shape index (κ2) is 7.68. The summed E-state index contributed by atoms with van der Waals surface area (Å²) in [6, 6.07) is 0.323. The highest BCUT2D eigenvalue weighted by Gasteiger charge is 2.39. The molecule has 1 aliphatic carbocycles. The van der Waals surface area contributed by atoms with E-state index in [1.165, 1.54) is 17.1 Å². The average Bonchev–Trinajstić information content (AvgIpc) is 3.09. The molecule has 0 bridgehead atoms. The number of piperazine rings is 1. The molecule has 7 nitrogen and oxygen atoms in total. The monoisotopic (exact) mass is 359 g/mol. The lowest BCUT2D eigenvalue weighted by atomic mass is 10.0. The van der Waals surface area contributed by atoms with Crippen molar-refractivity contribution in [2.24, 2.45) is 5.92 Å². The summed E-state index contributed by atoms with van der Waals surface area (Å²) >= 11 is 0. The molecule has 1 amide bonds. The maximum Gasteiger partial charge on any atom is 0.282 e. The Labute approximate surface area is 145 Å². The Morgan fingerprint density at radius 3 is 2.46 bits per heavy atom. The fourth-order valence-electron chi connectivity index (χ4n) is 4.24. The summed E-state index contributed by atoms with van der Waals surface area (Å²) in [5, 5.41) is 0. The molecule has 2 saturated heterocycles. The van der Waals surface area contributed by atoms with Crippen molar-refractivity contribution in [2.45, 2.75) is 44.6 Å². The first kappa shape index (κ1) is 18.1. The van der Waals surface area contributed by atoms with Crippen LogP contribution in [0.25, 0.3) is 0 Å². The smallest absolute Gasteiger partial charge is 0.282 e. The van der Waals surface area contributed by atoms with Crippen LogP contribution in [0.1, 0.15) is 38.5 Å². The minimum absolute atomic E-state index is 0.00965. The van der Waals surface area contributed by atoms with Gasteiger partial charge >= 0.3 is 0 Å². The van der Waals surface area contributed by atoms with Crippen LogP contribution in [-0.2, 0) is 19.7 Å². The van der Waals surface area contributed by atoms with E-state index >= 15 is 0 Å². The third-order valence-corrected chi connectivity index (χ3v) is 7.47. The standard InChI is InChI=1S/C16H29N3O4S/c1-23-13-14-5-4-8-17(11-14)24(21,22)18-9-10-19(16(20)12-18)15-6-2-3-7-15/h14-15H,2-13H2,1H3. The summed E-state index contributed by atoms with van der Waals surface area (Å²) in [6.07, 6.45) is 6.31. The van der Waals surface area contributed by atoms with Gasteiger partial charge in [0.15, 0.2) is 0 Å². The molecule has 2 aliphatic heterocycles. The van der Waals surface area contributed by atoms with Gasteiger partial charge in [-0.15, -0.1) is 0 Å². The number of carbonyl (C=O) groups excluding carboxylic acids is 1. The number of hydrogen-bond donors (Lipinski definition) is 0. The fourth-order valence-corrected chi connectivity index (χ4v) is 5.91. The molecule has 0 spiro atoms. The van der Waals surface area contributed by atoms with Crippen LogP contribution in [0.15, 0.2) is 0 Å². The van der Waals surface area contributed by atoms with Gasteiger partial charge in [0.05, 0.1) is 13.2 Å². The summed E-state index contributed by atoms with van der Waals surface area (Å²) in [6.45, 7) is 2.55. The van der Waals surface area contributed by atoms with Crippen LogP contribution in [-0.4, -0.2) is 80.3 Å². The van der Waals surface area contributed by atoms with Crippen molar-refractivity contribution < 1.29 is 17.9 Å². The van der Waals surface area contributed by atoms with Crippen LogP contribution < -0.4 is 0 Å². The third-order valence-electron chi connectivity index (χ3n) is 5.52. The fraction of sp³-hybridized carbons (Fsp3) is 0.938. The first-order chi connectivity index (χ1) is 11.5. The number of rotatable bonds is 5. The number of nitrogens with zero attached hydrogens (tertiary/aromatic N) is 3. The van der Waals surface area contributed by atoms with E-state index in [2.05, 4.69) is 0 Å². The largest absolute Gasteiger partial charge is 0.384 e. The van der Waals surface area contributed by atoms with Crippen molar-refractivity contribution in [3.8, 4) is 0 Å². The first-order valence-electron chi connectivity index (χ1n) is 9.06. The van der Waals surface area contributed by atoms with Gasteiger partial charge < -0.3 is 9.64 Å². The lowest BCUT2D eigenvalue weighted by Crippen LogP contribution is -2.58. The van der Waals surface area contributed by atoms with Gasteiger partial charge in [0.1, 0.15) is 0 Å². The molecule has 3 rings (SSSR count). The van der Waals surface area contributed by atoms with E-state index in [4.69, 9.17) is 4.74 Å². The zero-order valence-corrected chi connectivity index (χ0v) is 15.3. The Balaban J connectivity index is 1.62. The number of ether oxygens (including phenoxy) is 1. The molecule has 0 N–H and O–H groups in total. The van der Waals surface area contributed by atoms with E-state index in [0.717, 1.165) is 25.7 Å². The summed E-state index contributed by atoms with van der Waals surface area (Å²) in [5.74, 6) is 0.205. The number of hydrogen-bond acceptors (Lipinski definition) is 4. The molecular weight excluding hydrogens is 330 g/mol. The lowest BCUT2D eigenvalue weighted by molar-refractivity contribution is -0.136. The van der Waals surface area contributed by atoms with Crippen molar-refractivity contribution >= 4 is 16.1 Å². The van der Waals surface area contributed by atoms with E-state index in [-0.39, 0.29) is 18.4 Å². The number of amides is 1. The van der Waals surface area contributed by atoms with Gasteiger partial charge in [0, 0.05) is 39.3 Å². The van der Waals surface area contributed by atoms with Crippen LogP contribution in [0.2, 0.25) is 0 Å².